The molecule has 0 saturated carbocycles. The molecule has 3 fully saturated rings. The Morgan fingerprint density at radius 1 is 0.829 bits per heavy atom. The first-order valence-corrected chi connectivity index (χ1v) is 15.3. The number of nitrogens with zero attached hydrogens (tertiary/aromatic N) is 4. The predicted molar refractivity (Wildman–Crippen MR) is 168 cm³/mol. The summed E-state index contributed by atoms with van der Waals surface area (Å²) >= 11 is 0. The average molecular weight is 663 g/mol. The zero-order valence-electron chi connectivity index (χ0n) is 26.8. The third-order valence-electron chi connectivity index (χ3n) is 8.73. The molecule has 0 radical (unpaired) electrons. The molecule has 4 aliphatic heterocycles. The van der Waals surface area contributed by atoms with Gasteiger partial charge in [-0.15, -0.1) is 26.2 Å². The molecule has 4 rings (SSSR count). The molecule has 4 aliphatic rings. The Kier molecular flexibility index (Phi) is 17.0. The normalized spacial score (nSPS) is 28.1. The minimum atomic E-state index is -0.0481. The number of amides is 2. The molecule has 8 nitrogen and oxygen atoms in total. The Bertz CT molecular complexity index is 810. The molecular formula is C32H56N6O2Pd-2. The Labute approximate surface area is 264 Å². The number of nitrogens with one attached hydrogen (secondary N) is 2. The second-order valence-corrected chi connectivity index (χ2v) is 13.7. The first-order valence-electron chi connectivity index (χ1n) is 15.3. The van der Waals surface area contributed by atoms with E-state index in [0.29, 0.717) is 35.0 Å². The fourth-order valence-corrected chi connectivity index (χ4v) is 5.83. The molecule has 4 heterocycles. The number of carbonyl (C=O) groups is 2. The summed E-state index contributed by atoms with van der Waals surface area (Å²) in [5.41, 5.74) is 1.56. The maximum atomic E-state index is 11.0. The van der Waals surface area contributed by atoms with Gasteiger partial charge < -0.3 is 31.9 Å². The van der Waals surface area contributed by atoms with Crippen LogP contribution in [0.3, 0.4) is 0 Å². The molecular weight excluding hydrogens is 607 g/mol. The van der Waals surface area contributed by atoms with Gasteiger partial charge in [-0.1, -0.05) is 92.3 Å². The van der Waals surface area contributed by atoms with Gasteiger partial charge in [-0.3, -0.25) is 9.59 Å². The minimum Gasteiger partial charge on any atom is -0.687 e. The van der Waals surface area contributed by atoms with Crippen molar-refractivity contribution in [2.45, 2.75) is 92.2 Å². The minimum absolute atomic E-state index is 0. The standard InChI is InChI=1S/C18H34N2.C7H13N2O.C7H10N2O.Pd/c1-17(2,3)13-7-9-19-15(11-13)16-12-14(8-10-20-16)18(4,5)6;2*1-8-7(10)6-3-2-4-9-5-6;/h13-16H,7-12H2,1-6H3;6H,2-5H2,1H3,(H,8,10);2-4H,5H2,1H3,(H2,8,9,10);/q-2;-1;;+2/p-1. The van der Waals surface area contributed by atoms with Crippen LogP contribution in [0.5, 0.6) is 0 Å². The van der Waals surface area contributed by atoms with Crippen LogP contribution < -0.4 is 10.6 Å². The van der Waals surface area contributed by atoms with Crippen LogP contribution >= 0.6 is 0 Å². The molecule has 41 heavy (non-hydrogen) atoms. The van der Waals surface area contributed by atoms with Crippen molar-refractivity contribution in [3.8, 4) is 0 Å². The molecule has 5 unspecified atom stereocenters. The topological polar surface area (TPSA) is 115 Å². The Morgan fingerprint density at radius 2 is 1.39 bits per heavy atom. The van der Waals surface area contributed by atoms with E-state index >= 15 is 0 Å². The summed E-state index contributed by atoms with van der Waals surface area (Å²) in [5, 5.41) is 23.1. The molecule has 0 spiro atoms. The summed E-state index contributed by atoms with van der Waals surface area (Å²) in [4.78, 5) is 21.9. The molecule has 9 heteroatoms. The predicted octanol–water partition coefficient (Wildman–Crippen LogP) is 6.46. The molecule has 0 aromatic heterocycles. The number of likely N-dealkylation sites (N-methyl/N-ethyl adjacent to an activating group) is 1. The second-order valence-electron chi connectivity index (χ2n) is 13.7. The third kappa shape index (κ3) is 13.3. The molecule has 0 aromatic rings. The maximum absolute atomic E-state index is 11.0. The molecule has 2 N–H and O–H groups in total. The summed E-state index contributed by atoms with van der Waals surface area (Å²) in [6, 6.07) is 0.997. The zero-order valence-corrected chi connectivity index (χ0v) is 28.4. The molecule has 0 bridgehead atoms. The van der Waals surface area contributed by atoms with Gasteiger partial charge in [0.1, 0.15) is 0 Å². The van der Waals surface area contributed by atoms with Crippen LogP contribution in [0, 0.1) is 28.6 Å². The summed E-state index contributed by atoms with van der Waals surface area (Å²) in [7, 11) is 3.29. The SMILES string of the molecule is CC(C)(C)C1CC[N-]C(C2CC(C(C)(C)C)CC[N-]2)C1.CNC(=O)C1=CC=C[N-]C1.CNC(=O)C1CCC[N-]C1.[Pd+2]. The molecule has 0 aromatic carbocycles. The molecule has 2 amide bonds. The van der Waals surface area contributed by atoms with Crippen LogP contribution in [0.25, 0.3) is 21.3 Å². The summed E-state index contributed by atoms with van der Waals surface area (Å²) in [5.74, 6) is 1.88. The van der Waals surface area contributed by atoms with Crippen molar-refractivity contribution >= 4 is 11.8 Å². The van der Waals surface area contributed by atoms with Crippen LogP contribution in [0.15, 0.2) is 23.9 Å². The van der Waals surface area contributed by atoms with Crippen molar-refractivity contribution in [3.63, 3.8) is 0 Å². The van der Waals surface area contributed by atoms with Crippen LogP contribution in [0.2, 0.25) is 0 Å². The molecule has 3 saturated heterocycles. The quantitative estimate of drug-likeness (QED) is 0.338. The largest absolute Gasteiger partial charge is 2.00 e. The molecule has 5 atom stereocenters. The second kappa shape index (κ2) is 18.4. The Balaban J connectivity index is 0.000000337. The number of rotatable bonds is 3. The van der Waals surface area contributed by atoms with Crippen molar-refractivity contribution in [3.05, 3.63) is 45.2 Å². The maximum Gasteiger partial charge on any atom is 2.00 e. The van der Waals surface area contributed by atoms with Crippen LogP contribution in [-0.4, -0.2) is 70.7 Å². The number of hydrogen-bond acceptors (Lipinski definition) is 2. The number of piperidine rings is 3. The fraction of sp³-hybridized carbons (Fsp3) is 0.812. The van der Waals surface area contributed by atoms with Crippen molar-refractivity contribution in [1.29, 1.82) is 0 Å². The Hall–Kier alpha value is -1.24. The van der Waals surface area contributed by atoms with Crippen LogP contribution in [0.1, 0.15) is 80.1 Å². The van der Waals surface area contributed by atoms with Gasteiger partial charge in [0.05, 0.1) is 0 Å². The number of carbonyl (C=O) groups excluding carboxylic acids is 2. The van der Waals surface area contributed by atoms with E-state index in [2.05, 4.69) is 62.8 Å². The summed E-state index contributed by atoms with van der Waals surface area (Å²) < 4.78 is 0. The Morgan fingerprint density at radius 3 is 1.78 bits per heavy atom. The van der Waals surface area contributed by atoms with Crippen molar-refractivity contribution in [2.24, 2.45) is 28.6 Å². The van der Waals surface area contributed by atoms with Crippen LogP contribution in [-0.2, 0) is 30.0 Å². The van der Waals surface area contributed by atoms with Gasteiger partial charge in [0, 0.05) is 20.0 Å². The van der Waals surface area contributed by atoms with E-state index < -0.39 is 0 Å². The van der Waals surface area contributed by atoms with E-state index in [9.17, 15) is 9.59 Å². The zero-order chi connectivity index (χ0) is 29.8. The molecule has 0 aliphatic carbocycles. The van der Waals surface area contributed by atoms with Gasteiger partial charge in [0.25, 0.3) is 0 Å². The van der Waals surface area contributed by atoms with Gasteiger partial charge >= 0.3 is 20.4 Å². The summed E-state index contributed by atoms with van der Waals surface area (Å²) in [6.45, 7) is 18.6. The van der Waals surface area contributed by atoms with Crippen molar-refractivity contribution < 1.29 is 30.0 Å². The van der Waals surface area contributed by atoms with Crippen molar-refractivity contribution in [2.75, 3.05) is 46.8 Å². The monoisotopic (exact) mass is 662 g/mol. The third-order valence-corrected chi connectivity index (χ3v) is 8.73. The van der Waals surface area contributed by atoms with Crippen LogP contribution in [0.4, 0.5) is 0 Å². The first-order chi connectivity index (χ1) is 18.9. The van der Waals surface area contributed by atoms with E-state index in [0.717, 1.165) is 50.9 Å². The van der Waals surface area contributed by atoms with E-state index in [4.69, 9.17) is 10.6 Å². The fourth-order valence-electron chi connectivity index (χ4n) is 5.83. The van der Waals surface area contributed by atoms with Gasteiger partial charge in [-0.25, -0.2) is 0 Å². The van der Waals surface area contributed by atoms with Gasteiger partial charge in [0.15, 0.2) is 0 Å². The average Bonchev–Trinajstić information content (AvgIpc) is 2.97. The van der Waals surface area contributed by atoms with Gasteiger partial charge in [0.2, 0.25) is 11.8 Å². The van der Waals surface area contributed by atoms with Crippen molar-refractivity contribution in [1.82, 2.24) is 10.6 Å². The number of allylic oxidation sites excluding steroid dienone is 2. The smallest absolute Gasteiger partial charge is 0.687 e. The van der Waals surface area contributed by atoms with E-state index in [1.165, 1.54) is 25.7 Å². The molecule has 238 valence electrons. The van der Waals surface area contributed by atoms with Gasteiger partial charge in [-0.2, -0.15) is 18.3 Å². The van der Waals surface area contributed by atoms with E-state index in [1.807, 2.05) is 0 Å². The summed E-state index contributed by atoms with van der Waals surface area (Å²) in [6.07, 6.45) is 12.3. The number of hydrogen-bond donors (Lipinski definition) is 2. The van der Waals surface area contributed by atoms with E-state index in [-0.39, 0.29) is 38.2 Å². The first kappa shape index (κ1) is 37.8. The van der Waals surface area contributed by atoms with E-state index in [1.54, 1.807) is 32.4 Å². The van der Waals surface area contributed by atoms with Gasteiger partial charge in [-0.05, 0) is 34.7 Å².